The summed E-state index contributed by atoms with van der Waals surface area (Å²) in [4.78, 5) is 11.9. The minimum absolute atomic E-state index is 0.0946. The van der Waals surface area contributed by atoms with Crippen LogP contribution in [0.4, 0.5) is 0 Å². The highest BCUT2D eigenvalue weighted by Crippen LogP contribution is 2.48. The molecule has 0 aromatic rings. The largest absolute Gasteiger partial charge is 0.385 e. The summed E-state index contributed by atoms with van der Waals surface area (Å²) in [5.41, 5.74) is 0.416. The van der Waals surface area contributed by atoms with Gasteiger partial charge in [-0.15, -0.1) is 0 Å². The minimum Gasteiger partial charge on any atom is -0.385 e. The van der Waals surface area contributed by atoms with E-state index in [4.69, 9.17) is 4.18 Å². The van der Waals surface area contributed by atoms with Crippen LogP contribution in [0.3, 0.4) is 0 Å². The Bertz CT molecular complexity index is 498. The highest BCUT2D eigenvalue weighted by atomic mass is 127. The lowest BCUT2D eigenvalue weighted by molar-refractivity contribution is -0.107. The molecule has 2 atom stereocenters. The highest BCUT2D eigenvalue weighted by Gasteiger charge is 2.45. The topological polar surface area (TPSA) is 60.4 Å². The number of hydrogen-bond donors (Lipinski definition) is 0. The average Bonchev–Trinajstić information content (AvgIpc) is 2.40. The smallest absolute Gasteiger partial charge is 0.305 e. The van der Waals surface area contributed by atoms with Crippen molar-refractivity contribution in [1.29, 1.82) is 0 Å². The van der Waals surface area contributed by atoms with Crippen LogP contribution in [-0.2, 0) is 19.1 Å². The van der Waals surface area contributed by atoms with Gasteiger partial charge in [0, 0.05) is 5.57 Å². The number of hydrogen-bond acceptors (Lipinski definition) is 5. The van der Waals surface area contributed by atoms with Crippen molar-refractivity contribution >= 4 is 49.6 Å². The lowest BCUT2D eigenvalue weighted by Gasteiger charge is -2.28. The van der Waals surface area contributed by atoms with Crippen LogP contribution in [0.25, 0.3) is 0 Å². The van der Waals surface area contributed by atoms with Crippen LogP contribution in [-0.4, -0.2) is 29.0 Å². The molecule has 1 aliphatic heterocycles. The van der Waals surface area contributed by atoms with Crippen molar-refractivity contribution in [2.75, 3.05) is 10.7 Å². The molecule has 0 radical (unpaired) electrons. The molecule has 0 saturated carbocycles. The fraction of sp³-hybridized carbons (Fsp3) is 0.750. The van der Waals surface area contributed by atoms with E-state index in [0.717, 1.165) is 23.5 Å². The molecule has 1 unspecified atom stereocenters. The third-order valence-corrected chi connectivity index (χ3v) is 5.41. The Morgan fingerprint density at radius 2 is 2.05 bits per heavy atom. The summed E-state index contributed by atoms with van der Waals surface area (Å²) in [6.45, 7) is 5.63. The first-order chi connectivity index (χ1) is 8.59. The van der Waals surface area contributed by atoms with Gasteiger partial charge in [-0.25, -0.2) is 0 Å². The molecule has 0 aromatic heterocycles. The number of thioether (sulfide) groups is 1. The second-order valence-corrected chi connectivity index (χ2v) is 9.28. The van der Waals surface area contributed by atoms with Crippen LogP contribution in [0.5, 0.6) is 0 Å². The van der Waals surface area contributed by atoms with Gasteiger partial charge in [0.25, 0.3) is 0 Å². The van der Waals surface area contributed by atoms with E-state index < -0.39 is 14.9 Å². The second-order valence-electron chi connectivity index (χ2n) is 5.15. The summed E-state index contributed by atoms with van der Waals surface area (Å²) < 4.78 is 28.3. The first kappa shape index (κ1) is 17.3. The first-order valence-electron chi connectivity index (χ1n) is 5.99. The molecule has 110 valence electrons. The normalized spacial score (nSPS) is 25.8. The third-order valence-electron chi connectivity index (χ3n) is 3.02. The fourth-order valence-electron chi connectivity index (χ4n) is 2.21. The van der Waals surface area contributed by atoms with E-state index in [2.05, 4.69) is 29.5 Å². The number of alkyl halides is 1. The van der Waals surface area contributed by atoms with Crippen LogP contribution < -0.4 is 0 Å². The second kappa shape index (κ2) is 6.34. The molecule has 0 spiro atoms. The maximum atomic E-state index is 11.9. The summed E-state index contributed by atoms with van der Waals surface area (Å²) in [6.07, 6.45) is 2.78. The summed E-state index contributed by atoms with van der Waals surface area (Å²) in [5.74, 6) is 0.719. The molecule has 7 heteroatoms. The van der Waals surface area contributed by atoms with Gasteiger partial charge in [0.05, 0.1) is 11.0 Å². The molecule has 1 heterocycles. The van der Waals surface area contributed by atoms with E-state index in [0.29, 0.717) is 17.3 Å². The van der Waals surface area contributed by atoms with Crippen molar-refractivity contribution < 1.29 is 17.4 Å². The molecule has 19 heavy (non-hydrogen) atoms. The van der Waals surface area contributed by atoms with Crippen molar-refractivity contribution in [2.24, 2.45) is 5.92 Å². The molecular weight excluding hydrogens is 399 g/mol. The van der Waals surface area contributed by atoms with Crippen molar-refractivity contribution in [3.8, 4) is 0 Å². The van der Waals surface area contributed by atoms with E-state index in [9.17, 15) is 13.2 Å². The first-order valence-corrected chi connectivity index (χ1v) is 10.1. The van der Waals surface area contributed by atoms with Crippen LogP contribution in [0.2, 0.25) is 0 Å². The Kier molecular flexibility index (Phi) is 5.77. The molecule has 0 N–H and O–H groups in total. The molecule has 0 aliphatic carbocycles. The Morgan fingerprint density at radius 1 is 1.47 bits per heavy atom. The van der Waals surface area contributed by atoms with E-state index in [1.54, 1.807) is 6.92 Å². The number of carbonyl (C=O) groups is 1. The van der Waals surface area contributed by atoms with Gasteiger partial charge >= 0.3 is 10.1 Å². The monoisotopic (exact) mass is 418 g/mol. The van der Waals surface area contributed by atoms with E-state index in [1.165, 1.54) is 11.8 Å². The SMILES string of the molecule is CC1=C(OS(C)(=O)=O)[C@@](C)(CC(C)CCI)SC1=O. The standard InChI is InChI=1S/C12H19IO4S2/c1-8(5-6-13)7-12(3)10(17-19(4,15)16)9(2)11(14)18-12/h8H,5-7H2,1-4H3/t8?,12-/m1/s1. The predicted octanol–water partition coefficient (Wildman–Crippen LogP) is 3.12. The van der Waals surface area contributed by atoms with Crippen LogP contribution in [0.1, 0.15) is 33.6 Å². The van der Waals surface area contributed by atoms with Gasteiger partial charge in [0.15, 0.2) is 0 Å². The van der Waals surface area contributed by atoms with Crippen molar-refractivity contribution in [3.63, 3.8) is 0 Å². The quantitative estimate of drug-likeness (QED) is 0.377. The molecule has 0 bridgehead atoms. The molecule has 0 amide bonds. The zero-order valence-corrected chi connectivity index (χ0v) is 15.3. The van der Waals surface area contributed by atoms with Gasteiger partial charge in [0.2, 0.25) is 5.12 Å². The fourth-order valence-corrected chi connectivity index (χ4v) is 5.24. The third kappa shape index (κ3) is 4.63. The Balaban J connectivity index is 3.02. The summed E-state index contributed by atoms with van der Waals surface area (Å²) >= 11 is 3.49. The van der Waals surface area contributed by atoms with Crippen molar-refractivity contribution in [2.45, 2.75) is 38.4 Å². The number of rotatable bonds is 6. The van der Waals surface area contributed by atoms with Crippen LogP contribution >= 0.6 is 34.4 Å². The Morgan fingerprint density at radius 3 is 2.53 bits per heavy atom. The zero-order valence-electron chi connectivity index (χ0n) is 11.5. The summed E-state index contributed by atoms with van der Waals surface area (Å²) in [6, 6.07) is 0. The lowest BCUT2D eigenvalue weighted by Crippen LogP contribution is -2.27. The van der Waals surface area contributed by atoms with E-state index >= 15 is 0 Å². The predicted molar refractivity (Wildman–Crippen MR) is 86.9 cm³/mol. The van der Waals surface area contributed by atoms with Gasteiger partial charge in [-0.3, -0.25) is 4.79 Å². The molecule has 0 saturated heterocycles. The molecule has 0 aromatic carbocycles. The molecule has 1 rings (SSSR count). The lowest BCUT2D eigenvalue weighted by atomic mass is 9.92. The maximum absolute atomic E-state index is 11.9. The average molecular weight is 418 g/mol. The van der Waals surface area contributed by atoms with E-state index in [1.807, 2.05) is 6.92 Å². The molecule has 4 nitrogen and oxygen atoms in total. The molecule has 0 fully saturated rings. The van der Waals surface area contributed by atoms with Crippen LogP contribution in [0, 0.1) is 5.92 Å². The van der Waals surface area contributed by atoms with Gasteiger partial charge in [-0.1, -0.05) is 41.3 Å². The highest BCUT2D eigenvalue weighted by molar-refractivity contribution is 14.1. The molecule has 1 aliphatic rings. The Hall–Kier alpha value is 0.240. The summed E-state index contributed by atoms with van der Waals surface area (Å²) in [7, 11) is -3.61. The minimum atomic E-state index is -3.61. The van der Waals surface area contributed by atoms with Gasteiger partial charge in [-0.05, 0) is 37.0 Å². The Labute approximate surface area is 133 Å². The van der Waals surface area contributed by atoms with Crippen molar-refractivity contribution in [3.05, 3.63) is 11.3 Å². The van der Waals surface area contributed by atoms with Crippen molar-refractivity contribution in [1.82, 2.24) is 0 Å². The molecular formula is C12H19IO4S2. The van der Waals surface area contributed by atoms with E-state index in [-0.39, 0.29) is 5.12 Å². The van der Waals surface area contributed by atoms with Crippen LogP contribution in [0.15, 0.2) is 11.3 Å². The summed E-state index contributed by atoms with van der Waals surface area (Å²) in [5, 5.41) is -0.0946. The van der Waals surface area contributed by atoms with Gasteiger partial charge in [0.1, 0.15) is 5.76 Å². The van der Waals surface area contributed by atoms with Gasteiger partial charge in [-0.2, -0.15) is 8.42 Å². The zero-order chi connectivity index (χ0) is 14.8. The number of halogens is 1. The maximum Gasteiger partial charge on any atom is 0.305 e. The van der Waals surface area contributed by atoms with Gasteiger partial charge < -0.3 is 4.18 Å². The number of carbonyl (C=O) groups excluding carboxylic acids is 1.